The Morgan fingerprint density at radius 2 is 2.36 bits per heavy atom. The number of hydrogen-bond donors (Lipinski definition) is 1. The maximum absolute atomic E-state index is 11.7. The first-order valence-corrected chi connectivity index (χ1v) is 7.79. The second-order valence-electron chi connectivity index (χ2n) is 5.91. The fourth-order valence-corrected chi connectivity index (χ4v) is 3.21. The molecule has 5 nitrogen and oxygen atoms in total. The summed E-state index contributed by atoms with van der Waals surface area (Å²) >= 11 is 0. The van der Waals surface area contributed by atoms with Crippen LogP contribution in [0.25, 0.3) is 11.1 Å². The zero-order valence-corrected chi connectivity index (χ0v) is 13.3. The molecule has 1 aliphatic carbocycles. The van der Waals surface area contributed by atoms with Crippen LogP contribution in [0.15, 0.2) is 16.5 Å². The highest BCUT2D eigenvalue weighted by atomic mass is 16.5. The number of carbonyl (C=O) groups excluding carboxylic acids is 1. The molecular formula is C17H22N2O3. The molecular weight excluding hydrogens is 280 g/mol. The second kappa shape index (κ2) is 6.08. The molecule has 1 N–H and O–H groups in total. The van der Waals surface area contributed by atoms with Crippen LogP contribution in [0.4, 0.5) is 0 Å². The maximum atomic E-state index is 11.7. The van der Waals surface area contributed by atoms with Gasteiger partial charge in [0.2, 0.25) is 5.91 Å². The quantitative estimate of drug-likeness (QED) is 0.922. The Morgan fingerprint density at radius 3 is 3.14 bits per heavy atom. The summed E-state index contributed by atoms with van der Waals surface area (Å²) in [4.78, 5) is 16.2. The summed E-state index contributed by atoms with van der Waals surface area (Å²) in [5.74, 6) is 1.06. The van der Waals surface area contributed by atoms with Crippen molar-refractivity contribution in [2.45, 2.75) is 45.1 Å². The average molecular weight is 302 g/mol. The van der Waals surface area contributed by atoms with Gasteiger partial charge in [-0.3, -0.25) is 4.79 Å². The first kappa shape index (κ1) is 15.0. The van der Waals surface area contributed by atoms with Gasteiger partial charge in [-0.15, -0.1) is 0 Å². The van der Waals surface area contributed by atoms with Gasteiger partial charge in [0.05, 0.1) is 0 Å². The number of oxazole rings is 1. The van der Waals surface area contributed by atoms with Gasteiger partial charge in [-0.25, -0.2) is 4.98 Å². The molecule has 0 fully saturated rings. The molecule has 0 radical (unpaired) electrons. The standard InChI is InChI=1S/C17H22N2O3/c1-10(21-3)17(20)18-9-8-13-5-4-12-6-7-14-16(15(12)13)22-11(2)19-14/h6-7,10,13H,4-5,8-9H2,1-3H3,(H,18,20). The summed E-state index contributed by atoms with van der Waals surface area (Å²) < 4.78 is 10.8. The minimum atomic E-state index is -0.403. The molecule has 1 aromatic carbocycles. The lowest BCUT2D eigenvalue weighted by molar-refractivity contribution is -0.130. The molecule has 2 atom stereocenters. The van der Waals surface area contributed by atoms with Crippen molar-refractivity contribution in [3.05, 3.63) is 29.2 Å². The van der Waals surface area contributed by atoms with E-state index in [-0.39, 0.29) is 5.91 Å². The van der Waals surface area contributed by atoms with Crippen molar-refractivity contribution in [3.63, 3.8) is 0 Å². The van der Waals surface area contributed by atoms with Gasteiger partial charge in [-0.05, 0) is 43.7 Å². The van der Waals surface area contributed by atoms with Crippen LogP contribution in [-0.2, 0) is 16.0 Å². The van der Waals surface area contributed by atoms with Crippen molar-refractivity contribution in [1.82, 2.24) is 10.3 Å². The fourth-order valence-electron chi connectivity index (χ4n) is 3.21. The van der Waals surface area contributed by atoms with Crippen LogP contribution in [0.2, 0.25) is 0 Å². The largest absolute Gasteiger partial charge is 0.441 e. The van der Waals surface area contributed by atoms with E-state index in [0.29, 0.717) is 18.4 Å². The van der Waals surface area contributed by atoms with E-state index in [1.54, 1.807) is 14.0 Å². The molecule has 0 saturated carbocycles. The smallest absolute Gasteiger partial charge is 0.248 e. The molecule has 0 saturated heterocycles. The fraction of sp³-hybridized carbons (Fsp3) is 0.529. The molecule has 0 aliphatic heterocycles. The van der Waals surface area contributed by atoms with Gasteiger partial charge >= 0.3 is 0 Å². The number of nitrogens with zero attached hydrogens (tertiary/aromatic N) is 1. The van der Waals surface area contributed by atoms with Crippen LogP contribution < -0.4 is 5.32 Å². The molecule has 1 aliphatic rings. The highest BCUT2D eigenvalue weighted by molar-refractivity contribution is 5.80. The summed E-state index contributed by atoms with van der Waals surface area (Å²) in [6.07, 6.45) is 2.68. The van der Waals surface area contributed by atoms with E-state index in [9.17, 15) is 4.79 Å². The zero-order valence-electron chi connectivity index (χ0n) is 13.3. The molecule has 1 heterocycles. The molecule has 2 unspecified atom stereocenters. The highest BCUT2D eigenvalue weighted by Gasteiger charge is 2.27. The highest BCUT2D eigenvalue weighted by Crippen LogP contribution is 2.40. The SMILES string of the molecule is COC(C)C(=O)NCCC1CCc2ccc3nc(C)oc3c21. The number of aryl methyl sites for hydroxylation is 2. The van der Waals surface area contributed by atoms with Crippen molar-refractivity contribution in [3.8, 4) is 0 Å². The van der Waals surface area contributed by atoms with E-state index in [1.807, 2.05) is 13.0 Å². The number of fused-ring (bicyclic) bond motifs is 3. The molecule has 22 heavy (non-hydrogen) atoms. The summed E-state index contributed by atoms with van der Waals surface area (Å²) in [5, 5.41) is 2.93. The third-order valence-electron chi connectivity index (χ3n) is 4.48. The molecule has 0 bridgehead atoms. The maximum Gasteiger partial charge on any atom is 0.248 e. The van der Waals surface area contributed by atoms with E-state index in [4.69, 9.17) is 9.15 Å². The van der Waals surface area contributed by atoms with Crippen LogP contribution >= 0.6 is 0 Å². The first-order valence-electron chi connectivity index (χ1n) is 7.79. The topological polar surface area (TPSA) is 64.4 Å². The molecule has 118 valence electrons. The predicted molar refractivity (Wildman–Crippen MR) is 83.9 cm³/mol. The summed E-state index contributed by atoms with van der Waals surface area (Å²) in [6.45, 7) is 4.28. The van der Waals surface area contributed by atoms with Crippen LogP contribution in [0.1, 0.15) is 42.7 Å². The first-order chi connectivity index (χ1) is 10.6. The summed E-state index contributed by atoms with van der Waals surface area (Å²) in [6, 6.07) is 4.19. The van der Waals surface area contributed by atoms with Gasteiger partial charge in [0.1, 0.15) is 11.6 Å². The molecule has 2 aromatic rings. The lowest BCUT2D eigenvalue weighted by Gasteiger charge is -2.14. The van der Waals surface area contributed by atoms with Crippen LogP contribution in [-0.4, -0.2) is 30.6 Å². The van der Waals surface area contributed by atoms with Gasteiger partial charge in [-0.2, -0.15) is 0 Å². The van der Waals surface area contributed by atoms with Gasteiger partial charge in [0.25, 0.3) is 0 Å². The number of methoxy groups -OCH3 is 1. The Kier molecular flexibility index (Phi) is 4.16. The Bertz CT molecular complexity index is 693. The van der Waals surface area contributed by atoms with Gasteiger partial charge in [-0.1, -0.05) is 6.07 Å². The molecule has 5 heteroatoms. The monoisotopic (exact) mass is 302 g/mol. The Hall–Kier alpha value is -1.88. The number of aromatic nitrogens is 1. The summed E-state index contributed by atoms with van der Waals surface area (Å²) in [7, 11) is 1.54. The van der Waals surface area contributed by atoms with Crippen LogP contribution in [0, 0.1) is 6.92 Å². The summed E-state index contributed by atoms with van der Waals surface area (Å²) in [5.41, 5.74) is 4.49. The van der Waals surface area contributed by atoms with E-state index in [2.05, 4.69) is 16.4 Å². The van der Waals surface area contributed by atoms with Crippen molar-refractivity contribution >= 4 is 17.0 Å². The number of carbonyl (C=O) groups is 1. The second-order valence-corrected chi connectivity index (χ2v) is 5.91. The number of rotatable bonds is 5. The average Bonchev–Trinajstić information content (AvgIpc) is 3.08. The number of ether oxygens (including phenoxy) is 1. The Balaban J connectivity index is 1.71. The van der Waals surface area contributed by atoms with E-state index in [1.165, 1.54) is 11.1 Å². The van der Waals surface area contributed by atoms with Gasteiger partial charge < -0.3 is 14.5 Å². The Labute approximate surface area is 130 Å². The normalized spacial score (nSPS) is 18.4. The Morgan fingerprint density at radius 1 is 1.55 bits per heavy atom. The van der Waals surface area contributed by atoms with Crippen molar-refractivity contribution < 1.29 is 13.9 Å². The molecule has 1 aromatic heterocycles. The third-order valence-corrected chi connectivity index (χ3v) is 4.48. The lowest BCUT2D eigenvalue weighted by atomic mass is 9.97. The van der Waals surface area contributed by atoms with Gasteiger partial charge in [0, 0.05) is 26.1 Å². The molecule has 3 rings (SSSR count). The lowest BCUT2D eigenvalue weighted by Crippen LogP contribution is -2.34. The number of hydrogen-bond acceptors (Lipinski definition) is 4. The number of benzene rings is 1. The zero-order chi connectivity index (χ0) is 15.7. The van der Waals surface area contributed by atoms with Crippen molar-refractivity contribution in [2.24, 2.45) is 0 Å². The van der Waals surface area contributed by atoms with E-state index < -0.39 is 6.10 Å². The molecule has 1 amide bonds. The van der Waals surface area contributed by atoms with Gasteiger partial charge in [0.15, 0.2) is 11.5 Å². The van der Waals surface area contributed by atoms with E-state index in [0.717, 1.165) is 30.4 Å². The van der Waals surface area contributed by atoms with E-state index >= 15 is 0 Å². The number of amides is 1. The minimum absolute atomic E-state index is 0.0607. The third kappa shape index (κ3) is 2.73. The van der Waals surface area contributed by atoms with Crippen molar-refractivity contribution in [1.29, 1.82) is 0 Å². The van der Waals surface area contributed by atoms with Crippen molar-refractivity contribution in [2.75, 3.05) is 13.7 Å². The predicted octanol–water partition coefficient (Wildman–Crippen LogP) is 2.71. The van der Waals surface area contributed by atoms with Crippen LogP contribution in [0.3, 0.4) is 0 Å². The molecule has 0 spiro atoms. The minimum Gasteiger partial charge on any atom is -0.441 e. The number of nitrogens with one attached hydrogen (secondary N) is 1. The van der Waals surface area contributed by atoms with Crippen LogP contribution in [0.5, 0.6) is 0 Å².